The molecular formula is C15H19NO. The number of phenols is 1. The van der Waals surface area contributed by atoms with Crippen LogP contribution in [-0.2, 0) is 6.54 Å². The summed E-state index contributed by atoms with van der Waals surface area (Å²) in [5, 5.41) is 15.7. The predicted octanol–water partition coefficient (Wildman–Crippen LogP) is 3.43. The van der Waals surface area contributed by atoms with Gasteiger partial charge in [0.25, 0.3) is 0 Å². The standard InChI is InChI=1S/C15H19NO/c1-15(2,3)16-10-13-12-7-5-4-6-11(12)8-9-14(13)17/h4-9,16-17H,10H2,1-3H3. The summed E-state index contributed by atoms with van der Waals surface area (Å²) in [6.45, 7) is 7.04. The van der Waals surface area contributed by atoms with Crippen LogP contribution in [0.4, 0.5) is 0 Å². The van der Waals surface area contributed by atoms with E-state index in [2.05, 4.69) is 38.2 Å². The van der Waals surface area contributed by atoms with Crippen molar-refractivity contribution in [3.05, 3.63) is 42.0 Å². The van der Waals surface area contributed by atoms with Crippen molar-refractivity contribution < 1.29 is 5.11 Å². The van der Waals surface area contributed by atoms with Crippen LogP contribution in [0, 0.1) is 0 Å². The van der Waals surface area contributed by atoms with Crippen molar-refractivity contribution >= 4 is 10.8 Å². The molecule has 90 valence electrons. The molecule has 0 aliphatic heterocycles. The number of hydrogen-bond acceptors (Lipinski definition) is 2. The van der Waals surface area contributed by atoms with Crippen molar-refractivity contribution in [2.45, 2.75) is 32.9 Å². The lowest BCUT2D eigenvalue weighted by molar-refractivity contribution is 0.413. The lowest BCUT2D eigenvalue weighted by Crippen LogP contribution is -2.35. The maximum absolute atomic E-state index is 9.97. The fraction of sp³-hybridized carbons (Fsp3) is 0.333. The highest BCUT2D eigenvalue weighted by Crippen LogP contribution is 2.27. The number of phenolic OH excluding ortho intramolecular Hbond substituents is 1. The molecule has 0 aliphatic carbocycles. The zero-order valence-electron chi connectivity index (χ0n) is 10.6. The van der Waals surface area contributed by atoms with E-state index < -0.39 is 0 Å². The molecule has 0 fully saturated rings. The highest BCUT2D eigenvalue weighted by Gasteiger charge is 2.12. The summed E-state index contributed by atoms with van der Waals surface area (Å²) in [5.74, 6) is 0.362. The summed E-state index contributed by atoms with van der Waals surface area (Å²) in [6, 6.07) is 11.8. The van der Waals surface area contributed by atoms with E-state index in [4.69, 9.17) is 0 Å². The number of rotatable bonds is 2. The van der Waals surface area contributed by atoms with Crippen molar-refractivity contribution in [1.29, 1.82) is 0 Å². The molecule has 0 radical (unpaired) electrons. The molecule has 0 aliphatic rings. The molecule has 0 saturated carbocycles. The Morgan fingerprint density at radius 3 is 2.47 bits per heavy atom. The summed E-state index contributed by atoms with van der Waals surface area (Å²) >= 11 is 0. The van der Waals surface area contributed by atoms with E-state index in [9.17, 15) is 5.11 Å². The van der Waals surface area contributed by atoms with Crippen molar-refractivity contribution in [1.82, 2.24) is 5.32 Å². The molecule has 2 aromatic carbocycles. The van der Waals surface area contributed by atoms with Gasteiger partial charge in [-0.3, -0.25) is 0 Å². The fourth-order valence-electron chi connectivity index (χ4n) is 1.86. The Morgan fingerprint density at radius 1 is 1.06 bits per heavy atom. The molecule has 2 rings (SSSR count). The third-order valence-electron chi connectivity index (χ3n) is 2.81. The number of aromatic hydroxyl groups is 1. The number of benzene rings is 2. The molecule has 2 heteroatoms. The van der Waals surface area contributed by atoms with Crippen molar-refractivity contribution in [2.24, 2.45) is 0 Å². The van der Waals surface area contributed by atoms with Gasteiger partial charge in [-0.25, -0.2) is 0 Å². The normalized spacial score (nSPS) is 11.9. The van der Waals surface area contributed by atoms with Crippen LogP contribution in [0.15, 0.2) is 36.4 Å². The van der Waals surface area contributed by atoms with Gasteiger partial charge in [-0.15, -0.1) is 0 Å². The smallest absolute Gasteiger partial charge is 0.120 e. The maximum Gasteiger partial charge on any atom is 0.120 e. The second-order valence-corrected chi connectivity index (χ2v) is 5.39. The number of nitrogens with one attached hydrogen (secondary N) is 1. The maximum atomic E-state index is 9.97. The van der Waals surface area contributed by atoms with Gasteiger partial charge in [0.1, 0.15) is 5.75 Å². The van der Waals surface area contributed by atoms with Crippen LogP contribution in [0.25, 0.3) is 10.8 Å². The van der Waals surface area contributed by atoms with Gasteiger partial charge < -0.3 is 10.4 Å². The summed E-state index contributed by atoms with van der Waals surface area (Å²) in [7, 11) is 0. The monoisotopic (exact) mass is 229 g/mol. The summed E-state index contributed by atoms with van der Waals surface area (Å²) in [4.78, 5) is 0. The number of fused-ring (bicyclic) bond motifs is 1. The first-order chi connectivity index (χ1) is 7.97. The largest absolute Gasteiger partial charge is 0.508 e. The first-order valence-electron chi connectivity index (χ1n) is 5.92. The zero-order valence-corrected chi connectivity index (χ0v) is 10.6. The Labute approximate surface area is 102 Å². The van der Waals surface area contributed by atoms with Crippen LogP contribution in [0.5, 0.6) is 5.75 Å². The van der Waals surface area contributed by atoms with E-state index in [-0.39, 0.29) is 5.54 Å². The average molecular weight is 229 g/mol. The van der Waals surface area contributed by atoms with E-state index in [1.165, 1.54) is 0 Å². The molecule has 0 bridgehead atoms. The minimum absolute atomic E-state index is 0.0450. The second kappa shape index (κ2) is 4.38. The van der Waals surface area contributed by atoms with Crippen LogP contribution < -0.4 is 5.32 Å². The van der Waals surface area contributed by atoms with E-state index in [0.717, 1.165) is 16.3 Å². The van der Waals surface area contributed by atoms with Crippen molar-refractivity contribution in [2.75, 3.05) is 0 Å². The summed E-state index contributed by atoms with van der Waals surface area (Å²) in [5.41, 5.74) is 1.02. The highest BCUT2D eigenvalue weighted by atomic mass is 16.3. The van der Waals surface area contributed by atoms with Gasteiger partial charge in [-0.1, -0.05) is 30.3 Å². The van der Waals surface area contributed by atoms with Gasteiger partial charge in [-0.2, -0.15) is 0 Å². The highest BCUT2D eigenvalue weighted by molar-refractivity contribution is 5.87. The average Bonchev–Trinajstić information content (AvgIpc) is 2.26. The first-order valence-corrected chi connectivity index (χ1v) is 5.92. The minimum Gasteiger partial charge on any atom is -0.508 e. The SMILES string of the molecule is CC(C)(C)NCc1c(O)ccc2ccccc12. The van der Waals surface area contributed by atoms with E-state index in [0.29, 0.717) is 12.3 Å². The Morgan fingerprint density at radius 2 is 1.76 bits per heavy atom. The van der Waals surface area contributed by atoms with Crippen LogP contribution in [-0.4, -0.2) is 10.6 Å². The van der Waals surface area contributed by atoms with Gasteiger partial charge in [0.05, 0.1) is 0 Å². The van der Waals surface area contributed by atoms with E-state index in [1.807, 2.05) is 18.2 Å². The molecule has 0 saturated heterocycles. The fourth-order valence-corrected chi connectivity index (χ4v) is 1.86. The minimum atomic E-state index is 0.0450. The molecule has 0 aromatic heterocycles. The molecule has 2 nitrogen and oxygen atoms in total. The van der Waals surface area contributed by atoms with Crippen LogP contribution in [0.1, 0.15) is 26.3 Å². The van der Waals surface area contributed by atoms with Gasteiger partial charge in [0, 0.05) is 17.6 Å². The number of hydrogen-bond donors (Lipinski definition) is 2. The molecular weight excluding hydrogens is 210 g/mol. The second-order valence-electron chi connectivity index (χ2n) is 5.39. The van der Waals surface area contributed by atoms with Crippen LogP contribution in [0.3, 0.4) is 0 Å². The Kier molecular flexibility index (Phi) is 3.07. The van der Waals surface area contributed by atoms with Crippen LogP contribution >= 0.6 is 0 Å². The van der Waals surface area contributed by atoms with Crippen molar-refractivity contribution in [3.63, 3.8) is 0 Å². The molecule has 2 N–H and O–H groups in total. The Hall–Kier alpha value is -1.54. The molecule has 0 spiro atoms. The molecule has 17 heavy (non-hydrogen) atoms. The quantitative estimate of drug-likeness (QED) is 0.827. The lowest BCUT2D eigenvalue weighted by atomic mass is 10.0. The predicted molar refractivity (Wildman–Crippen MR) is 72.2 cm³/mol. The third-order valence-corrected chi connectivity index (χ3v) is 2.81. The molecule has 2 aromatic rings. The topological polar surface area (TPSA) is 32.3 Å². The van der Waals surface area contributed by atoms with E-state index in [1.54, 1.807) is 6.07 Å². The lowest BCUT2D eigenvalue weighted by Gasteiger charge is -2.21. The molecule has 0 atom stereocenters. The molecule has 0 unspecified atom stereocenters. The zero-order chi connectivity index (χ0) is 12.5. The van der Waals surface area contributed by atoms with Gasteiger partial charge in [-0.05, 0) is 37.6 Å². The summed E-state index contributed by atoms with van der Waals surface area (Å²) in [6.07, 6.45) is 0. The molecule has 0 heterocycles. The third kappa shape index (κ3) is 2.77. The first kappa shape index (κ1) is 11.9. The van der Waals surface area contributed by atoms with Gasteiger partial charge in [0.2, 0.25) is 0 Å². The van der Waals surface area contributed by atoms with E-state index >= 15 is 0 Å². The van der Waals surface area contributed by atoms with Gasteiger partial charge >= 0.3 is 0 Å². The van der Waals surface area contributed by atoms with Gasteiger partial charge in [0.15, 0.2) is 0 Å². The Bertz CT molecular complexity index is 526. The summed E-state index contributed by atoms with van der Waals surface area (Å²) < 4.78 is 0. The van der Waals surface area contributed by atoms with Crippen molar-refractivity contribution in [3.8, 4) is 5.75 Å². The van der Waals surface area contributed by atoms with Crippen LogP contribution in [0.2, 0.25) is 0 Å². The molecule has 0 amide bonds. The Balaban J connectivity index is 2.41.